The fraction of sp³-hybridized carbons (Fsp3) is 0.494. The molecule has 6 saturated heterocycles. The first-order valence-electron chi connectivity index (χ1n) is 39.0. The maximum absolute atomic E-state index is 14.8. The van der Waals surface area contributed by atoms with Crippen LogP contribution in [0.4, 0.5) is 52.7 Å². The van der Waals surface area contributed by atoms with Crippen molar-refractivity contribution in [2.45, 2.75) is 131 Å². The highest BCUT2D eigenvalue weighted by molar-refractivity contribution is 6.43. The quantitative estimate of drug-likeness (QED) is 0.0496. The number of nitrogens with zero attached hydrogens (tertiary/aromatic N) is 10. The molecule has 9 atom stereocenters. The summed E-state index contributed by atoms with van der Waals surface area (Å²) >= 11 is 38.4. The lowest BCUT2D eigenvalue weighted by molar-refractivity contribution is -0.140. The Labute approximate surface area is 711 Å². The van der Waals surface area contributed by atoms with E-state index >= 15 is 0 Å². The zero-order valence-corrected chi connectivity index (χ0v) is 69.9. The third kappa shape index (κ3) is 22.6. The van der Waals surface area contributed by atoms with Gasteiger partial charge in [-0.15, -0.1) is 0 Å². The van der Waals surface area contributed by atoms with E-state index in [2.05, 4.69) is 10.6 Å². The van der Waals surface area contributed by atoms with Gasteiger partial charge in [-0.05, 0) is 153 Å². The van der Waals surface area contributed by atoms with Crippen molar-refractivity contribution < 1.29 is 81.5 Å². The number of carbonyl (C=O) groups is 6. The van der Waals surface area contributed by atoms with Gasteiger partial charge in [-0.3, -0.25) is 58.2 Å². The molecule has 36 heteroatoms. The molecule has 0 radical (unpaired) electrons. The molecule has 6 aromatic rings. The lowest BCUT2D eigenvalue weighted by atomic mass is 9.93. The predicted octanol–water partition coefficient (Wildman–Crippen LogP) is 14.5. The molecule has 3 unspecified atom stereocenters. The van der Waals surface area contributed by atoms with Gasteiger partial charge in [-0.2, -0.15) is 39.5 Å². The summed E-state index contributed by atoms with van der Waals surface area (Å²) in [5, 5.41) is 7.85. The highest BCUT2D eigenvalue weighted by Gasteiger charge is 2.46. The molecule has 12 rings (SSSR count). The number of amides is 6. The Morgan fingerprint density at radius 3 is 1.06 bits per heavy atom. The number of alkyl halides is 9. The van der Waals surface area contributed by atoms with Gasteiger partial charge >= 0.3 is 18.5 Å². The van der Waals surface area contributed by atoms with Crippen LogP contribution < -0.4 is 10.6 Å². The van der Waals surface area contributed by atoms with Crippen molar-refractivity contribution >= 4 is 105 Å². The Kier molecular flexibility index (Phi) is 29.3. The Hall–Kier alpha value is -7.20. The second kappa shape index (κ2) is 38.3. The van der Waals surface area contributed by atoms with Crippen molar-refractivity contribution in [2.75, 3.05) is 126 Å². The first-order valence-corrected chi connectivity index (χ1v) is 41.3. The van der Waals surface area contributed by atoms with E-state index in [4.69, 9.17) is 69.6 Å². The number of carbonyl (C=O) groups excluding carboxylic acids is 6. The molecule has 644 valence electrons. The highest BCUT2D eigenvalue weighted by Crippen LogP contribution is 2.42. The van der Waals surface area contributed by atoms with Crippen molar-refractivity contribution in [2.24, 2.45) is 5.92 Å². The highest BCUT2D eigenvalue weighted by atomic mass is 35.5. The Balaban J connectivity index is 0.687. The minimum Gasteiger partial charge on any atom is -0.352 e. The number of halogens is 18. The number of hydrogen-bond acceptors (Lipinski definition) is 12. The van der Waals surface area contributed by atoms with E-state index in [0.29, 0.717) is 90.7 Å². The molecule has 6 fully saturated rings. The van der Waals surface area contributed by atoms with E-state index in [9.17, 15) is 81.5 Å². The van der Waals surface area contributed by atoms with Gasteiger partial charge < -0.3 is 30.2 Å². The van der Waals surface area contributed by atoms with Crippen LogP contribution in [0.5, 0.6) is 0 Å². The molecule has 6 aromatic carbocycles. The lowest BCUT2D eigenvalue weighted by Gasteiger charge is -2.37. The van der Waals surface area contributed by atoms with Crippen LogP contribution in [-0.4, -0.2) is 247 Å². The molecule has 119 heavy (non-hydrogen) atoms. The third-order valence-corrected chi connectivity index (χ3v) is 26.3. The van der Waals surface area contributed by atoms with Crippen LogP contribution in [-0.2, 0) is 66.9 Å². The maximum atomic E-state index is 14.8. The summed E-state index contributed by atoms with van der Waals surface area (Å²) < 4.78 is 166. The van der Waals surface area contributed by atoms with E-state index in [1.165, 1.54) is 18.2 Å². The van der Waals surface area contributed by atoms with Crippen molar-refractivity contribution in [3.05, 3.63) is 207 Å². The number of likely N-dealkylation sites (N-methyl/N-ethyl adjacent to an activating group) is 3. The second-order valence-electron chi connectivity index (χ2n) is 32.3. The number of hydrogen-bond donors (Lipinski definition) is 2. The summed E-state index contributed by atoms with van der Waals surface area (Å²) in [6.07, 6.45) is -13.8. The number of rotatable bonds is 26. The zero-order chi connectivity index (χ0) is 86.0. The predicted molar refractivity (Wildman–Crippen MR) is 428 cm³/mol. The first kappa shape index (κ1) is 91.0. The Morgan fingerprint density at radius 2 is 0.731 bits per heavy atom. The summed E-state index contributed by atoms with van der Waals surface area (Å²) in [5.41, 5.74) is -1.06. The molecule has 0 aliphatic carbocycles. The summed E-state index contributed by atoms with van der Waals surface area (Å²) in [6, 6.07) is 21.1. The van der Waals surface area contributed by atoms with Crippen molar-refractivity contribution in [1.29, 1.82) is 0 Å². The topological polar surface area (TPSA) is 159 Å². The van der Waals surface area contributed by atoms with Gasteiger partial charge in [0.2, 0.25) is 35.4 Å². The van der Waals surface area contributed by atoms with Crippen molar-refractivity contribution in [1.82, 2.24) is 59.6 Å². The van der Waals surface area contributed by atoms with E-state index in [1.54, 1.807) is 102 Å². The smallest absolute Gasteiger partial charge is 0.352 e. The average molecular weight is 1790 g/mol. The Bertz CT molecular complexity index is 4720. The molecule has 6 aliphatic heterocycles. The zero-order valence-electron chi connectivity index (χ0n) is 65.4. The SMILES string of the molecule is CN(C(=O)CC(CC(=O)NC1CCN(CC(=O)N2C[C@H](c3ccc(Cl)c(Cl)c3)[C@H](N(C)Cc3ccc(C(F)(F)F)c(F)c3)C2)C1)C(=O)NC1CCN(CC(=O)N2C[C@H](c3ccc(Cl)c(Cl)c3)[C@H](N(C)Cc3ccc(C(F)(F)F)c(F)c3)C2)C1)C1CCN(CC(=O)N2C[C@H](c3ccc(Cl)c(Cl)c3)[C@H](N(C)Cc3ccc(C(F)(F)F)c(F)c3)C2)CC1. The molecule has 0 spiro atoms. The molecule has 6 amide bonds. The standard InChI is InChI=1S/C83H90Cl6F12N12O6/c1-104(33-47-5-11-60(69(90)25-47)81(93,94)95)72-41-111(38-57(72)50-8-14-63(84)66(87)28-50)77(116)44-108-23-19-56(20-24-108)107(4)76(115)32-53(80(119)103-55-18-22-110(37-55)46-79(118)113-40-59(52-10-16-65(86)68(89)30-52)74(43-113)106(3)35-49-7-13-62(71(92)27-49)83(99,100)101)31-75(114)102-54-17-21-109(36-54)45-78(117)112-39-58(51-9-15-64(85)67(88)29-51)73(42-112)105(2)34-48-6-12-61(70(91)26-48)82(96,97)98/h5-16,25-30,53-59,72-74H,17-24,31-46H2,1-4H3,(H,102,114)(H,103,119)/t53?,54?,55?,57-,58-,59-,72-,73-,74-/m1/s1. The maximum Gasteiger partial charge on any atom is 0.419 e. The summed E-state index contributed by atoms with van der Waals surface area (Å²) in [5.74, 6) is -8.75. The molecule has 18 nitrogen and oxygen atoms in total. The van der Waals surface area contributed by atoms with Crippen LogP contribution >= 0.6 is 69.6 Å². The van der Waals surface area contributed by atoms with Crippen LogP contribution in [0.15, 0.2) is 109 Å². The first-order chi connectivity index (χ1) is 56.1. The molecule has 0 bridgehead atoms. The minimum atomic E-state index is -4.89. The fourth-order valence-electron chi connectivity index (χ4n) is 17.6. The molecule has 0 aromatic heterocycles. The van der Waals surface area contributed by atoms with E-state index in [-0.39, 0.29) is 172 Å². The third-order valence-electron chi connectivity index (χ3n) is 24.1. The van der Waals surface area contributed by atoms with Gasteiger partial charge in [0.25, 0.3) is 0 Å². The second-order valence-corrected chi connectivity index (χ2v) is 34.7. The van der Waals surface area contributed by atoms with Gasteiger partial charge in [0, 0.05) is 172 Å². The van der Waals surface area contributed by atoms with Gasteiger partial charge in [-0.1, -0.05) is 106 Å². The van der Waals surface area contributed by atoms with Gasteiger partial charge in [0.1, 0.15) is 17.5 Å². The molecular formula is C83H90Cl6F12N12O6. The number of benzene rings is 6. The normalized spacial score (nSPS) is 22.1. The largest absolute Gasteiger partial charge is 0.419 e. The van der Waals surface area contributed by atoms with E-state index in [0.717, 1.165) is 34.9 Å². The Morgan fingerprint density at radius 1 is 0.403 bits per heavy atom. The monoisotopic (exact) mass is 1790 g/mol. The molecule has 6 heterocycles. The summed E-state index contributed by atoms with van der Waals surface area (Å²) in [6.45, 7) is 3.31. The van der Waals surface area contributed by atoms with Crippen LogP contribution in [0.25, 0.3) is 0 Å². The molecule has 6 aliphatic rings. The summed E-state index contributed by atoms with van der Waals surface area (Å²) in [4.78, 5) is 105. The van der Waals surface area contributed by atoms with Crippen LogP contribution in [0, 0.1) is 23.4 Å². The van der Waals surface area contributed by atoms with E-state index < -0.39 is 107 Å². The van der Waals surface area contributed by atoms with Gasteiger partial charge in [0.15, 0.2) is 0 Å². The van der Waals surface area contributed by atoms with Crippen molar-refractivity contribution in [3.8, 4) is 0 Å². The fourth-order valence-corrected chi connectivity index (χ4v) is 18.5. The average Bonchev–Trinajstić information content (AvgIpc) is 1.62. The molecule has 0 saturated carbocycles. The van der Waals surface area contributed by atoms with Crippen LogP contribution in [0.2, 0.25) is 30.1 Å². The van der Waals surface area contributed by atoms with E-state index in [1.807, 2.05) is 29.4 Å². The number of nitrogens with one attached hydrogen (secondary N) is 2. The summed E-state index contributed by atoms with van der Waals surface area (Å²) in [7, 11) is 6.84. The number of likely N-dealkylation sites (tertiary alicyclic amines) is 6. The van der Waals surface area contributed by atoms with Gasteiger partial charge in [-0.25, -0.2) is 13.2 Å². The minimum absolute atomic E-state index is 0.0126. The van der Waals surface area contributed by atoms with Crippen molar-refractivity contribution in [3.63, 3.8) is 0 Å². The van der Waals surface area contributed by atoms with Crippen LogP contribution in [0.1, 0.15) is 106 Å². The molecule has 2 N–H and O–H groups in total. The molecular weight excluding hydrogens is 1700 g/mol. The van der Waals surface area contributed by atoms with Crippen LogP contribution in [0.3, 0.4) is 0 Å². The lowest BCUT2D eigenvalue weighted by Crippen LogP contribution is -2.49. The number of piperidine rings is 1. The van der Waals surface area contributed by atoms with Gasteiger partial charge in [0.05, 0.1) is 72.4 Å².